The second-order valence-electron chi connectivity index (χ2n) is 11.1. The Morgan fingerprint density at radius 3 is 2.65 bits per heavy atom. The van der Waals surface area contributed by atoms with Crippen LogP contribution in [0.15, 0.2) is 60.9 Å². The fourth-order valence-corrected chi connectivity index (χ4v) is 5.22. The summed E-state index contributed by atoms with van der Waals surface area (Å²) in [5, 5.41) is 3.66. The maximum atomic E-state index is 13.3. The molecule has 0 bridgehead atoms. The summed E-state index contributed by atoms with van der Waals surface area (Å²) in [6.07, 6.45) is 8.27. The highest BCUT2D eigenvalue weighted by molar-refractivity contribution is 5.69. The molecular weight excluding hydrogens is 424 g/mol. The van der Waals surface area contributed by atoms with Gasteiger partial charge in [0.15, 0.2) is 0 Å². The third kappa shape index (κ3) is 4.97. The highest BCUT2D eigenvalue weighted by Crippen LogP contribution is 2.48. The molecule has 6 heteroatoms. The maximum Gasteiger partial charge on any atom is 0.410 e. The lowest BCUT2D eigenvalue weighted by atomic mass is 9.68. The van der Waals surface area contributed by atoms with E-state index in [0.717, 1.165) is 43.7 Å². The molecule has 2 atom stereocenters. The predicted octanol–water partition coefficient (Wildman–Crippen LogP) is 5.39. The first-order valence-electron chi connectivity index (χ1n) is 12.5. The molecule has 1 amide bonds. The van der Waals surface area contributed by atoms with Gasteiger partial charge < -0.3 is 19.4 Å². The van der Waals surface area contributed by atoms with Gasteiger partial charge in [0.05, 0.1) is 18.3 Å². The lowest BCUT2D eigenvalue weighted by molar-refractivity contribution is 0.00101. The van der Waals surface area contributed by atoms with Crippen LogP contribution >= 0.6 is 0 Å². The molecule has 0 saturated heterocycles. The van der Waals surface area contributed by atoms with E-state index < -0.39 is 5.60 Å². The number of nitrogens with zero attached hydrogens (tertiary/aromatic N) is 3. The van der Waals surface area contributed by atoms with Crippen molar-refractivity contribution in [1.29, 1.82) is 0 Å². The summed E-state index contributed by atoms with van der Waals surface area (Å²) < 4.78 is 7.99. The maximum absolute atomic E-state index is 13.3. The largest absolute Gasteiger partial charge is 0.444 e. The number of hydrogen-bond donors (Lipinski definition) is 1. The van der Waals surface area contributed by atoms with E-state index in [-0.39, 0.29) is 17.6 Å². The predicted molar refractivity (Wildman–Crippen MR) is 134 cm³/mol. The van der Waals surface area contributed by atoms with E-state index in [0.29, 0.717) is 12.5 Å². The van der Waals surface area contributed by atoms with Crippen molar-refractivity contribution < 1.29 is 9.53 Å². The van der Waals surface area contributed by atoms with E-state index >= 15 is 0 Å². The molecule has 2 heterocycles. The Morgan fingerprint density at radius 1 is 1.18 bits per heavy atom. The zero-order valence-corrected chi connectivity index (χ0v) is 20.5. The Kier molecular flexibility index (Phi) is 6.11. The van der Waals surface area contributed by atoms with Crippen molar-refractivity contribution in [1.82, 2.24) is 19.6 Å². The SMILES string of the molecule is CC(C)(C)OC(=O)N(CC1(CNCc2ncc3ccccn23)CCC1)[C@H]1CC1c1ccccc1. The Morgan fingerprint density at radius 2 is 1.94 bits per heavy atom. The van der Waals surface area contributed by atoms with Gasteiger partial charge in [-0.25, -0.2) is 9.78 Å². The standard InChI is InChI=1S/C28H36N4O2/c1-27(2,3)34-26(33)32(24-16-23(24)21-10-5-4-6-11-21)20-28(13-9-14-28)19-29-18-25-30-17-22-12-7-8-15-31(22)25/h4-8,10-12,15,17,23-24,29H,9,13-14,16,18-20H2,1-3H3/t23?,24-/m0/s1. The molecule has 2 aliphatic carbocycles. The van der Waals surface area contributed by atoms with Crippen molar-refractivity contribution >= 4 is 11.6 Å². The van der Waals surface area contributed by atoms with E-state index in [4.69, 9.17) is 4.74 Å². The molecule has 0 spiro atoms. The summed E-state index contributed by atoms with van der Waals surface area (Å²) in [7, 11) is 0. The van der Waals surface area contributed by atoms with Crippen molar-refractivity contribution in [2.75, 3.05) is 13.1 Å². The number of rotatable bonds is 8. The Hall–Kier alpha value is -2.86. The van der Waals surface area contributed by atoms with Gasteiger partial charge in [-0.3, -0.25) is 0 Å². The van der Waals surface area contributed by atoms with Crippen molar-refractivity contribution in [3.8, 4) is 0 Å². The van der Waals surface area contributed by atoms with Crippen LogP contribution in [0.25, 0.3) is 5.52 Å². The topological polar surface area (TPSA) is 58.9 Å². The van der Waals surface area contributed by atoms with Crippen LogP contribution < -0.4 is 5.32 Å². The first-order chi connectivity index (χ1) is 16.3. The lowest BCUT2D eigenvalue weighted by Gasteiger charge is -2.45. The van der Waals surface area contributed by atoms with Crippen LogP contribution in [0.4, 0.5) is 4.79 Å². The molecule has 2 aromatic heterocycles. The van der Waals surface area contributed by atoms with Crippen LogP contribution in [0, 0.1) is 5.41 Å². The van der Waals surface area contributed by atoms with Gasteiger partial charge in [0.2, 0.25) is 0 Å². The summed E-state index contributed by atoms with van der Waals surface area (Å²) in [6.45, 7) is 8.16. The number of imidazole rings is 1. The monoisotopic (exact) mass is 460 g/mol. The minimum Gasteiger partial charge on any atom is -0.444 e. The van der Waals surface area contributed by atoms with Crippen LogP contribution in [0.3, 0.4) is 0 Å². The number of carbonyl (C=O) groups excluding carboxylic acids is 1. The van der Waals surface area contributed by atoms with Gasteiger partial charge in [0.1, 0.15) is 11.4 Å². The van der Waals surface area contributed by atoms with E-state index in [1.807, 2.05) is 50.1 Å². The lowest BCUT2D eigenvalue weighted by Crippen LogP contribution is -2.51. The number of nitrogens with one attached hydrogen (secondary N) is 1. The van der Waals surface area contributed by atoms with E-state index in [1.54, 1.807) is 0 Å². The zero-order valence-electron chi connectivity index (χ0n) is 20.5. The van der Waals surface area contributed by atoms with Crippen molar-refractivity contribution in [3.63, 3.8) is 0 Å². The summed E-state index contributed by atoms with van der Waals surface area (Å²) in [4.78, 5) is 19.9. The Bertz CT molecular complexity index is 1130. The summed E-state index contributed by atoms with van der Waals surface area (Å²) in [5.74, 6) is 1.41. The van der Waals surface area contributed by atoms with E-state index in [1.165, 1.54) is 12.0 Å². The second kappa shape index (κ2) is 9.06. The normalized spacial score (nSPS) is 21.1. The number of pyridine rings is 1. The number of benzene rings is 1. The van der Waals surface area contributed by atoms with Crippen LogP contribution in [0.2, 0.25) is 0 Å². The minimum atomic E-state index is -0.501. The number of ether oxygens (including phenoxy) is 1. The molecule has 1 N–H and O–H groups in total. The number of hydrogen-bond acceptors (Lipinski definition) is 4. The van der Waals surface area contributed by atoms with E-state index in [9.17, 15) is 4.79 Å². The highest BCUT2D eigenvalue weighted by atomic mass is 16.6. The summed E-state index contributed by atoms with van der Waals surface area (Å²) in [5.41, 5.74) is 2.01. The molecule has 0 aliphatic heterocycles. The summed E-state index contributed by atoms with van der Waals surface area (Å²) in [6, 6.07) is 16.9. The molecule has 5 rings (SSSR count). The fraction of sp³-hybridized carbons (Fsp3) is 0.500. The molecule has 6 nitrogen and oxygen atoms in total. The Labute approximate surface area is 202 Å². The van der Waals surface area contributed by atoms with Gasteiger partial charge in [-0.2, -0.15) is 0 Å². The molecule has 2 aliphatic rings. The van der Waals surface area contributed by atoms with Crippen molar-refractivity contribution in [2.24, 2.45) is 5.41 Å². The number of amides is 1. The average Bonchev–Trinajstić information content (AvgIpc) is 3.47. The zero-order chi connectivity index (χ0) is 23.8. The molecule has 2 fully saturated rings. The van der Waals surface area contributed by atoms with Crippen LogP contribution in [-0.2, 0) is 11.3 Å². The first kappa shape index (κ1) is 22.9. The molecule has 1 aromatic carbocycles. The Balaban J connectivity index is 1.27. The molecular formula is C28H36N4O2. The van der Waals surface area contributed by atoms with Gasteiger partial charge in [-0.05, 0) is 57.7 Å². The van der Waals surface area contributed by atoms with Gasteiger partial charge in [0, 0.05) is 36.7 Å². The van der Waals surface area contributed by atoms with Crippen molar-refractivity contribution in [3.05, 3.63) is 72.3 Å². The van der Waals surface area contributed by atoms with Gasteiger partial charge in [-0.1, -0.05) is 42.8 Å². The van der Waals surface area contributed by atoms with Gasteiger partial charge in [0.25, 0.3) is 0 Å². The molecule has 0 radical (unpaired) electrons. The van der Waals surface area contributed by atoms with Crippen molar-refractivity contribution in [2.45, 2.75) is 70.6 Å². The third-order valence-electron chi connectivity index (χ3n) is 7.23. The highest BCUT2D eigenvalue weighted by Gasteiger charge is 2.49. The second-order valence-corrected chi connectivity index (χ2v) is 11.1. The van der Waals surface area contributed by atoms with E-state index in [2.05, 4.69) is 51.2 Å². The van der Waals surface area contributed by atoms with Crippen LogP contribution in [-0.4, -0.2) is 45.1 Å². The number of carbonyl (C=O) groups is 1. The first-order valence-corrected chi connectivity index (χ1v) is 12.5. The smallest absolute Gasteiger partial charge is 0.410 e. The number of fused-ring (bicyclic) bond motifs is 1. The molecule has 34 heavy (non-hydrogen) atoms. The van der Waals surface area contributed by atoms with Gasteiger partial charge >= 0.3 is 6.09 Å². The van der Waals surface area contributed by atoms with Crippen LogP contribution in [0.1, 0.15) is 63.8 Å². The molecule has 1 unspecified atom stereocenters. The van der Waals surface area contributed by atoms with Gasteiger partial charge in [-0.15, -0.1) is 0 Å². The molecule has 180 valence electrons. The fourth-order valence-electron chi connectivity index (χ4n) is 5.22. The quantitative estimate of drug-likeness (QED) is 0.490. The molecule has 3 aromatic rings. The average molecular weight is 461 g/mol. The number of aromatic nitrogens is 2. The third-order valence-corrected chi connectivity index (χ3v) is 7.23. The molecule has 2 saturated carbocycles. The van der Waals surface area contributed by atoms with Crippen LogP contribution in [0.5, 0.6) is 0 Å². The minimum absolute atomic E-state index is 0.0911. The summed E-state index contributed by atoms with van der Waals surface area (Å²) >= 11 is 0.